The molecule has 1 N–H and O–H groups in total. The highest BCUT2D eigenvalue weighted by Gasteiger charge is 2.26. The van der Waals surface area contributed by atoms with E-state index < -0.39 is 0 Å². The molecule has 0 aliphatic carbocycles. The summed E-state index contributed by atoms with van der Waals surface area (Å²) in [5, 5.41) is 2.98. The molecule has 7 nitrogen and oxygen atoms in total. The summed E-state index contributed by atoms with van der Waals surface area (Å²) in [5.74, 6) is 0.853. The smallest absolute Gasteiger partial charge is 0.238 e. The lowest BCUT2D eigenvalue weighted by molar-refractivity contribution is -0.117. The predicted octanol–water partition coefficient (Wildman–Crippen LogP) is 1.75. The van der Waals surface area contributed by atoms with Gasteiger partial charge >= 0.3 is 0 Å². The lowest BCUT2D eigenvalue weighted by Gasteiger charge is -2.40. The van der Waals surface area contributed by atoms with Gasteiger partial charge in [0.25, 0.3) is 0 Å². The monoisotopic (exact) mass is 404 g/mol. The maximum atomic E-state index is 12.4. The summed E-state index contributed by atoms with van der Waals surface area (Å²) in [7, 11) is 0. The van der Waals surface area contributed by atoms with Crippen molar-refractivity contribution in [3.63, 3.8) is 0 Å². The highest BCUT2D eigenvalue weighted by atomic mass is 16.5. The van der Waals surface area contributed by atoms with Crippen LogP contribution in [-0.2, 0) is 9.53 Å². The van der Waals surface area contributed by atoms with Crippen LogP contribution in [0.1, 0.15) is 20.8 Å². The van der Waals surface area contributed by atoms with E-state index in [4.69, 9.17) is 9.47 Å². The second kappa shape index (κ2) is 10.9. The summed E-state index contributed by atoms with van der Waals surface area (Å²) in [6.45, 7) is 15.2. The number of carbonyl (C=O) groups is 1. The number of morpholine rings is 1. The predicted molar refractivity (Wildman–Crippen MR) is 116 cm³/mol. The van der Waals surface area contributed by atoms with Crippen LogP contribution in [0.5, 0.6) is 5.75 Å². The molecule has 1 aromatic rings. The molecule has 3 rings (SSSR count). The molecular formula is C22H36N4O3. The molecule has 2 aliphatic heterocycles. The summed E-state index contributed by atoms with van der Waals surface area (Å²) in [6, 6.07) is 8.10. The molecule has 29 heavy (non-hydrogen) atoms. The summed E-state index contributed by atoms with van der Waals surface area (Å²) >= 11 is 0. The highest BCUT2D eigenvalue weighted by Crippen LogP contribution is 2.16. The molecule has 1 unspecified atom stereocenters. The number of benzene rings is 1. The van der Waals surface area contributed by atoms with E-state index in [1.807, 2.05) is 31.2 Å². The van der Waals surface area contributed by atoms with Crippen molar-refractivity contribution in [1.82, 2.24) is 14.7 Å². The van der Waals surface area contributed by atoms with Gasteiger partial charge in [-0.2, -0.15) is 0 Å². The molecule has 0 spiro atoms. The third-order valence-electron chi connectivity index (χ3n) is 5.64. The Kier molecular flexibility index (Phi) is 8.29. The third kappa shape index (κ3) is 6.96. The van der Waals surface area contributed by atoms with Crippen molar-refractivity contribution in [3.8, 4) is 5.75 Å². The second-order valence-corrected chi connectivity index (χ2v) is 8.16. The van der Waals surface area contributed by atoms with Gasteiger partial charge in [0.2, 0.25) is 5.91 Å². The Morgan fingerprint density at radius 1 is 1.14 bits per heavy atom. The van der Waals surface area contributed by atoms with Crippen LogP contribution in [0.4, 0.5) is 5.69 Å². The molecule has 0 bridgehead atoms. The van der Waals surface area contributed by atoms with Gasteiger partial charge in [-0.3, -0.25) is 19.5 Å². The van der Waals surface area contributed by atoms with Crippen LogP contribution in [-0.4, -0.2) is 98.3 Å². The van der Waals surface area contributed by atoms with E-state index in [-0.39, 0.29) is 5.91 Å². The van der Waals surface area contributed by atoms with Crippen LogP contribution in [0.25, 0.3) is 0 Å². The number of nitrogens with one attached hydrogen (secondary N) is 1. The number of ether oxygens (including phenoxy) is 2. The number of carbonyl (C=O) groups excluding carboxylic acids is 1. The highest BCUT2D eigenvalue weighted by molar-refractivity contribution is 5.92. The van der Waals surface area contributed by atoms with Crippen molar-refractivity contribution in [3.05, 3.63) is 24.3 Å². The molecule has 1 atom stereocenters. The van der Waals surface area contributed by atoms with Gasteiger partial charge in [-0.25, -0.2) is 0 Å². The zero-order valence-electron chi connectivity index (χ0n) is 18.1. The van der Waals surface area contributed by atoms with Crippen molar-refractivity contribution in [1.29, 1.82) is 0 Å². The van der Waals surface area contributed by atoms with Gasteiger partial charge in [-0.05, 0) is 45.0 Å². The third-order valence-corrected chi connectivity index (χ3v) is 5.64. The Morgan fingerprint density at radius 3 is 2.48 bits per heavy atom. The first-order chi connectivity index (χ1) is 14.0. The fraction of sp³-hybridized carbons (Fsp3) is 0.682. The van der Waals surface area contributed by atoms with Crippen LogP contribution in [0, 0.1) is 0 Å². The van der Waals surface area contributed by atoms with Crippen molar-refractivity contribution < 1.29 is 14.3 Å². The van der Waals surface area contributed by atoms with Crippen LogP contribution in [0.15, 0.2) is 24.3 Å². The molecule has 0 radical (unpaired) electrons. The van der Waals surface area contributed by atoms with E-state index in [0.717, 1.165) is 63.9 Å². The van der Waals surface area contributed by atoms with Gasteiger partial charge in [0, 0.05) is 57.5 Å². The van der Waals surface area contributed by atoms with Crippen molar-refractivity contribution in [2.75, 3.05) is 70.9 Å². The van der Waals surface area contributed by atoms with Gasteiger partial charge in [0.15, 0.2) is 0 Å². The minimum atomic E-state index is 0.0331. The van der Waals surface area contributed by atoms with E-state index in [1.165, 1.54) is 0 Å². The first-order valence-corrected chi connectivity index (χ1v) is 10.9. The minimum absolute atomic E-state index is 0.0331. The number of hydrogen-bond acceptors (Lipinski definition) is 6. The van der Waals surface area contributed by atoms with Gasteiger partial charge in [-0.1, -0.05) is 0 Å². The first kappa shape index (κ1) is 22.0. The summed E-state index contributed by atoms with van der Waals surface area (Å²) in [4.78, 5) is 19.6. The molecule has 7 heteroatoms. The minimum Gasteiger partial charge on any atom is -0.494 e. The van der Waals surface area contributed by atoms with Gasteiger partial charge in [0.05, 0.1) is 25.9 Å². The second-order valence-electron chi connectivity index (χ2n) is 8.16. The zero-order chi connectivity index (χ0) is 20.6. The molecular weight excluding hydrogens is 368 g/mol. The molecule has 2 fully saturated rings. The SMILES string of the molecule is CCOc1ccc(NC(=O)CN2CCN(CC3CN(C(C)C)CCO3)CC2)cc1. The molecule has 2 aliphatic rings. The van der Waals surface area contributed by atoms with Crippen molar-refractivity contribution in [2.24, 2.45) is 0 Å². The van der Waals surface area contributed by atoms with Gasteiger partial charge < -0.3 is 14.8 Å². The van der Waals surface area contributed by atoms with Gasteiger partial charge in [0.1, 0.15) is 5.75 Å². The largest absolute Gasteiger partial charge is 0.494 e. The zero-order valence-corrected chi connectivity index (χ0v) is 18.1. The summed E-state index contributed by atoms with van der Waals surface area (Å²) in [6.07, 6.45) is 0.292. The number of amides is 1. The maximum absolute atomic E-state index is 12.4. The lowest BCUT2D eigenvalue weighted by Crippen LogP contribution is -2.54. The quantitative estimate of drug-likeness (QED) is 0.713. The van der Waals surface area contributed by atoms with Gasteiger partial charge in [-0.15, -0.1) is 0 Å². The number of nitrogens with zero attached hydrogens (tertiary/aromatic N) is 3. The Bertz CT molecular complexity index is 629. The van der Waals surface area contributed by atoms with Crippen molar-refractivity contribution in [2.45, 2.75) is 32.9 Å². The Balaban J connectivity index is 1.36. The molecule has 2 heterocycles. The van der Waals surface area contributed by atoms with Crippen LogP contribution in [0.3, 0.4) is 0 Å². The van der Waals surface area contributed by atoms with E-state index in [1.54, 1.807) is 0 Å². The summed E-state index contributed by atoms with van der Waals surface area (Å²) < 4.78 is 11.4. The molecule has 0 saturated carbocycles. The number of hydrogen-bond donors (Lipinski definition) is 1. The van der Waals surface area contributed by atoms with E-state index >= 15 is 0 Å². The average Bonchev–Trinajstić information content (AvgIpc) is 2.71. The van der Waals surface area contributed by atoms with E-state index in [9.17, 15) is 4.79 Å². The first-order valence-electron chi connectivity index (χ1n) is 10.9. The average molecular weight is 405 g/mol. The van der Waals surface area contributed by atoms with Crippen LogP contribution < -0.4 is 10.1 Å². The molecule has 1 amide bonds. The van der Waals surface area contributed by atoms with E-state index in [2.05, 4.69) is 33.9 Å². The Morgan fingerprint density at radius 2 is 1.83 bits per heavy atom. The maximum Gasteiger partial charge on any atom is 0.238 e. The number of rotatable bonds is 8. The molecule has 1 aromatic carbocycles. The Labute approximate surface area is 174 Å². The van der Waals surface area contributed by atoms with Crippen LogP contribution in [0.2, 0.25) is 0 Å². The topological polar surface area (TPSA) is 57.3 Å². The number of anilines is 1. The Hall–Kier alpha value is -1.67. The summed E-state index contributed by atoms with van der Waals surface area (Å²) in [5.41, 5.74) is 0.807. The van der Waals surface area contributed by atoms with Crippen LogP contribution >= 0.6 is 0 Å². The fourth-order valence-corrected chi connectivity index (χ4v) is 3.94. The molecule has 2 saturated heterocycles. The van der Waals surface area contributed by atoms with E-state index in [0.29, 0.717) is 25.3 Å². The molecule has 0 aromatic heterocycles. The molecule has 162 valence electrons. The lowest BCUT2D eigenvalue weighted by atomic mass is 10.2. The van der Waals surface area contributed by atoms with Crippen molar-refractivity contribution >= 4 is 11.6 Å². The fourth-order valence-electron chi connectivity index (χ4n) is 3.94. The normalized spacial score (nSPS) is 22.0. The standard InChI is InChI=1S/C22H36N4O3/c1-4-28-20-7-5-19(6-8-20)23-22(27)17-25-11-9-24(10-12-25)15-21-16-26(18(2)3)13-14-29-21/h5-8,18,21H,4,9-17H2,1-3H3,(H,23,27). The number of piperazine rings is 1.